The summed E-state index contributed by atoms with van der Waals surface area (Å²) in [5.41, 5.74) is 12.9. The molecule has 0 saturated heterocycles. The van der Waals surface area contributed by atoms with E-state index in [1.165, 1.54) is 38.7 Å². The highest BCUT2D eigenvalue weighted by molar-refractivity contribution is 5.97. The number of carbonyl (C=O) groups excluding carboxylic acids is 2. The molecule has 1 heterocycles. The summed E-state index contributed by atoms with van der Waals surface area (Å²) in [5.74, 6) is -0.516. The van der Waals surface area contributed by atoms with Crippen LogP contribution in [0.3, 0.4) is 0 Å². The lowest BCUT2D eigenvalue weighted by molar-refractivity contribution is 0.0599. The molecule has 0 fully saturated rings. The van der Waals surface area contributed by atoms with Crippen LogP contribution in [-0.4, -0.2) is 41.7 Å². The third-order valence-electron chi connectivity index (χ3n) is 3.48. The lowest BCUT2D eigenvalue weighted by Crippen LogP contribution is -2.40. The van der Waals surface area contributed by atoms with E-state index in [0.717, 1.165) is 0 Å². The second-order valence-electron chi connectivity index (χ2n) is 6.89. The molecule has 0 bridgehead atoms. The van der Waals surface area contributed by atoms with Gasteiger partial charge in [-0.15, -0.1) is 0 Å². The monoisotopic (exact) mass is 388 g/mol. The first-order chi connectivity index (χ1) is 13.1. The van der Waals surface area contributed by atoms with Gasteiger partial charge in [0.05, 0.1) is 25.3 Å². The first kappa shape index (κ1) is 20.9. The number of anilines is 4. The molecular weight excluding hydrogens is 364 g/mol. The van der Waals surface area contributed by atoms with Gasteiger partial charge in [0.25, 0.3) is 0 Å². The number of esters is 2. The number of nitrogens with zero attached hydrogens (tertiary/aromatic N) is 2. The highest BCUT2D eigenvalue weighted by Gasteiger charge is 2.16. The molecule has 0 unspecified atom stereocenters. The van der Waals surface area contributed by atoms with Gasteiger partial charge in [0.15, 0.2) is 11.6 Å². The van der Waals surface area contributed by atoms with E-state index in [1.54, 1.807) is 0 Å². The van der Waals surface area contributed by atoms with Crippen LogP contribution in [0.25, 0.3) is 0 Å². The number of aromatic nitrogens is 2. The van der Waals surface area contributed by atoms with Crippen LogP contribution in [0.1, 0.15) is 41.5 Å². The van der Waals surface area contributed by atoms with Crippen LogP contribution >= 0.6 is 0 Å². The van der Waals surface area contributed by atoms with Gasteiger partial charge < -0.3 is 25.9 Å². The lowest BCUT2D eigenvalue weighted by Gasteiger charge is -2.22. The summed E-state index contributed by atoms with van der Waals surface area (Å²) in [6.45, 7) is 5.93. The molecule has 0 amide bonds. The number of hydrogen-bond acceptors (Lipinski definition) is 10. The van der Waals surface area contributed by atoms with Gasteiger partial charge in [0, 0.05) is 11.2 Å². The van der Waals surface area contributed by atoms with Crippen LogP contribution in [0.5, 0.6) is 0 Å². The molecule has 1 aromatic heterocycles. The van der Waals surface area contributed by atoms with Gasteiger partial charge >= 0.3 is 11.9 Å². The summed E-state index contributed by atoms with van der Waals surface area (Å²) in [7, 11) is 2.51. The predicted octanol–water partition coefficient (Wildman–Crippen LogP) is 2.09. The van der Waals surface area contributed by atoms with Crippen LogP contribution in [0.2, 0.25) is 0 Å². The Bertz CT molecular complexity index is 845. The molecule has 0 saturated carbocycles. The zero-order chi connectivity index (χ0) is 20.9. The summed E-state index contributed by atoms with van der Waals surface area (Å²) >= 11 is 0. The standard InChI is InChI=1S/C18H24N6O4/c1-18(2,3)24-23-15-13(19)14(20-9-21-15)22-12-7-10(16(25)27-4)6-11(8-12)17(26)28-5/h6-9,24H,19H2,1-5H3,(H2,20,21,22,23). The summed E-state index contributed by atoms with van der Waals surface area (Å²) < 4.78 is 9.46. The molecule has 5 N–H and O–H groups in total. The van der Waals surface area contributed by atoms with E-state index in [1.807, 2.05) is 20.8 Å². The minimum atomic E-state index is -0.596. The van der Waals surface area contributed by atoms with Crippen molar-refractivity contribution in [2.75, 3.05) is 30.7 Å². The number of nitrogens with one attached hydrogen (secondary N) is 3. The van der Waals surface area contributed by atoms with Gasteiger partial charge in [-0.25, -0.2) is 25.0 Å². The van der Waals surface area contributed by atoms with E-state index in [0.29, 0.717) is 17.3 Å². The molecule has 150 valence electrons. The summed E-state index contributed by atoms with van der Waals surface area (Å²) in [5, 5.41) is 2.99. The molecule has 2 rings (SSSR count). The van der Waals surface area contributed by atoms with Gasteiger partial charge in [-0.3, -0.25) is 0 Å². The van der Waals surface area contributed by atoms with E-state index < -0.39 is 11.9 Å². The number of benzene rings is 1. The average Bonchev–Trinajstić information content (AvgIpc) is 2.66. The first-order valence-corrected chi connectivity index (χ1v) is 8.37. The average molecular weight is 388 g/mol. The molecule has 0 spiro atoms. The minimum absolute atomic E-state index is 0.174. The smallest absolute Gasteiger partial charge is 0.337 e. The van der Waals surface area contributed by atoms with Gasteiger partial charge in [-0.2, -0.15) is 0 Å². The van der Waals surface area contributed by atoms with Gasteiger partial charge in [-0.05, 0) is 39.0 Å². The Morgan fingerprint density at radius 3 is 2.00 bits per heavy atom. The third-order valence-corrected chi connectivity index (χ3v) is 3.48. The maximum absolute atomic E-state index is 11.9. The van der Waals surface area contributed by atoms with Crippen LogP contribution in [0, 0.1) is 0 Å². The number of hydrazine groups is 1. The number of rotatable bonds is 6. The van der Waals surface area contributed by atoms with Gasteiger partial charge in [-0.1, -0.05) is 0 Å². The molecule has 10 heteroatoms. The summed E-state index contributed by atoms with van der Waals surface area (Å²) in [6.07, 6.45) is 1.33. The fourth-order valence-corrected chi connectivity index (χ4v) is 2.15. The van der Waals surface area contributed by atoms with Crippen molar-refractivity contribution in [3.05, 3.63) is 35.7 Å². The van der Waals surface area contributed by atoms with Crippen molar-refractivity contribution in [3.8, 4) is 0 Å². The molecule has 2 aromatic rings. The Morgan fingerprint density at radius 2 is 1.50 bits per heavy atom. The lowest BCUT2D eigenvalue weighted by atomic mass is 10.1. The molecule has 0 radical (unpaired) electrons. The number of ether oxygens (including phenoxy) is 2. The molecule has 0 aliphatic carbocycles. The van der Waals surface area contributed by atoms with E-state index >= 15 is 0 Å². The normalized spacial score (nSPS) is 10.9. The predicted molar refractivity (Wildman–Crippen MR) is 105 cm³/mol. The fourth-order valence-electron chi connectivity index (χ4n) is 2.15. The Morgan fingerprint density at radius 1 is 0.964 bits per heavy atom. The highest BCUT2D eigenvalue weighted by Crippen LogP contribution is 2.27. The number of hydrogen-bond donors (Lipinski definition) is 4. The van der Waals surface area contributed by atoms with E-state index in [2.05, 4.69) is 26.1 Å². The molecule has 10 nitrogen and oxygen atoms in total. The Hall–Kier alpha value is -3.40. The van der Waals surface area contributed by atoms with Crippen LogP contribution in [-0.2, 0) is 9.47 Å². The Labute approximate surface area is 162 Å². The topological polar surface area (TPSA) is 140 Å². The Kier molecular flexibility index (Phi) is 6.37. The second-order valence-corrected chi connectivity index (χ2v) is 6.89. The van der Waals surface area contributed by atoms with Crippen molar-refractivity contribution in [3.63, 3.8) is 0 Å². The maximum atomic E-state index is 11.9. The minimum Gasteiger partial charge on any atom is -0.465 e. The van der Waals surface area contributed by atoms with E-state index in [4.69, 9.17) is 15.2 Å². The third kappa shape index (κ3) is 5.30. The van der Waals surface area contributed by atoms with Crippen molar-refractivity contribution in [1.82, 2.24) is 15.4 Å². The van der Waals surface area contributed by atoms with Crippen molar-refractivity contribution < 1.29 is 19.1 Å². The SMILES string of the molecule is COC(=O)c1cc(Nc2ncnc(NNC(C)(C)C)c2N)cc(C(=O)OC)c1. The highest BCUT2D eigenvalue weighted by atomic mass is 16.5. The van der Waals surface area contributed by atoms with Gasteiger partial charge in [0.1, 0.15) is 12.0 Å². The van der Waals surface area contributed by atoms with Crippen molar-refractivity contribution in [1.29, 1.82) is 0 Å². The Balaban J connectivity index is 2.36. The van der Waals surface area contributed by atoms with Crippen molar-refractivity contribution in [2.45, 2.75) is 26.3 Å². The number of carbonyl (C=O) groups is 2. The second kappa shape index (κ2) is 8.53. The van der Waals surface area contributed by atoms with E-state index in [-0.39, 0.29) is 22.4 Å². The summed E-state index contributed by atoms with van der Waals surface area (Å²) in [6, 6.07) is 4.41. The molecule has 1 aromatic carbocycles. The zero-order valence-corrected chi connectivity index (χ0v) is 16.4. The zero-order valence-electron chi connectivity index (χ0n) is 16.4. The number of methoxy groups -OCH3 is 2. The number of nitrogens with two attached hydrogens (primary N) is 1. The summed E-state index contributed by atoms with van der Waals surface area (Å²) in [4.78, 5) is 32.0. The number of nitrogen functional groups attached to an aromatic ring is 1. The van der Waals surface area contributed by atoms with Crippen LogP contribution in [0.4, 0.5) is 23.0 Å². The molecule has 0 atom stereocenters. The molecule has 0 aliphatic rings. The maximum Gasteiger partial charge on any atom is 0.337 e. The first-order valence-electron chi connectivity index (χ1n) is 8.37. The van der Waals surface area contributed by atoms with Crippen molar-refractivity contribution in [2.24, 2.45) is 0 Å². The molecular formula is C18H24N6O4. The molecule has 0 aliphatic heterocycles. The molecule has 28 heavy (non-hydrogen) atoms. The van der Waals surface area contributed by atoms with Gasteiger partial charge in [0.2, 0.25) is 0 Å². The fraction of sp³-hybridized carbons (Fsp3) is 0.333. The van der Waals surface area contributed by atoms with Crippen LogP contribution < -0.4 is 21.9 Å². The quantitative estimate of drug-likeness (QED) is 0.429. The van der Waals surface area contributed by atoms with Crippen LogP contribution in [0.15, 0.2) is 24.5 Å². The largest absolute Gasteiger partial charge is 0.465 e. The van der Waals surface area contributed by atoms with Crippen molar-refractivity contribution >= 4 is 34.9 Å². The van der Waals surface area contributed by atoms with E-state index in [9.17, 15) is 9.59 Å².